The molecule has 0 aromatic heterocycles. The fourth-order valence-corrected chi connectivity index (χ4v) is 7.23. The highest BCUT2D eigenvalue weighted by atomic mass is 32.2. The Balaban J connectivity index is 1.57. The summed E-state index contributed by atoms with van der Waals surface area (Å²) in [7, 11) is -0.351. The molecule has 0 aliphatic carbocycles. The monoisotopic (exact) mass is 449 g/mol. The molecular formula is C28H30FO2S+. The van der Waals surface area contributed by atoms with Gasteiger partial charge in [-0.3, -0.25) is 0 Å². The predicted octanol–water partition coefficient (Wildman–Crippen LogP) is 7.04. The van der Waals surface area contributed by atoms with E-state index in [-0.39, 0.29) is 34.3 Å². The van der Waals surface area contributed by atoms with Crippen LogP contribution >= 0.6 is 0 Å². The average molecular weight is 450 g/mol. The van der Waals surface area contributed by atoms with Crippen LogP contribution in [0.2, 0.25) is 0 Å². The fraction of sp³-hybridized carbons (Fsp3) is 0.357. The lowest BCUT2D eigenvalue weighted by atomic mass is 9.68. The summed E-state index contributed by atoms with van der Waals surface area (Å²) in [6, 6.07) is 26.2. The minimum atomic E-state index is -0.520. The van der Waals surface area contributed by atoms with Crippen molar-refractivity contribution >= 4 is 10.9 Å². The molecule has 0 radical (unpaired) electrons. The summed E-state index contributed by atoms with van der Waals surface area (Å²) in [6.07, 6.45) is 3.08. The van der Waals surface area contributed by atoms with Gasteiger partial charge in [0.2, 0.25) is 0 Å². The third-order valence-corrected chi connectivity index (χ3v) is 9.03. The van der Waals surface area contributed by atoms with Gasteiger partial charge in [0.15, 0.2) is 26.3 Å². The quantitative estimate of drug-likeness (QED) is 0.389. The Hall–Kier alpha value is -2.30. The van der Waals surface area contributed by atoms with Crippen molar-refractivity contribution < 1.29 is 13.9 Å². The third kappa shape index (κ3) is 3.74. The minimum absolute atomic E-state index is 0.0112. The molecule has 3 atom stereocenters. The molecule has 0 amide bonds. The molecule has 2 heterocycles. The van der Waals surface area contributed by atoms with Crippen molar-refractivity contribution in [1.29, 1.82) is 0 Å². The summed E-state index contributed by atoms with van der Waals surface area (Å²) < 4.78 is 28.0. The second kappa shape index (κ2) is 8.24. The van der Waals surface area contributed by atoms with E-state index >= 15 is 4.39 Å². The fourth-order valence-electron chi connectivity index (χ4n) is 5.12. The van der Waals surface area contributed by atoms with Crippen molar-refractivity contribution in [2.45, 2.75) is 72.5 Å². The Bertz CT molecular complexity index is 1040. The first-order valence-electron chi connectivity index (χ1n) is 11.4. The molecule has 2 nitrogen and oxygen atoms in total. The molecular weight excluding hydrogens is 419 g/mol. The molecule has 2 aliphatic rings. The number of fused-ring (bicyclic) bond motifs is 2. The molecule has 4 heteroatoms. The molecule has 0 N–H and O–H groups in total. The first kappa shape index (κ1) is 21.5. The van der Waals surface area contributed by atoms with Gasteiger partial charge in [0.05, 0.1) is 23.1 Å². The SMILES string of the molecule is CC(C)(C)C1(Oc2cc([S+](c3ccccc3)c3ccccc3)ccc2F)CC2CCC1O2. The van der Waals surface area contributed by atoms with Gasteiger partial charge in [0, 0.05) is 17.9 Å². The molecule has 2 fully saturated rings. The van der Waals surface area contributed by atoms with Gasteiger partial charge in [-0.05, 0) is 49.2 Å². The first-order valence-corrected chi connectivity index (χ1v) is 12.6. The Kier molecular flexibility index (Phi) is 5.55. The summed E-state index contributed by atoms with van der Waals surface area (Å²) in [5, 5.41) is 0. The molecule has 0 spiro atoms. The van der Waals surface area contributed by atoms with Crippen LogP contribution in [0.15, 0.2) is 93.5 Å². The van der Waals surface area contributed by atoms with E-state index < -0.39 is 5.60 Å². The standard InChI is InChI=1S/C28H30FO2S/c1-27(2,3)28(19-20-14-17-26(28)30-20)31-25-18-23(15-16-24(25)29)32(21-10-6-4-7-11-21)22-12-8-5-9-13-22/h4-13,15-16,18,20,26H,14,17,19H2,1-3H3/q+1. The van der Waals surface area contributed by atoms with Gasteiger partial charge in [0.1, 0.15) is 5.60 Å². The van der Waals surface area contributed by atoms with Crippen LogP contribution in [-0.2, 0) is 15.6 Å². The number of benzene rings is 3. The molecule has 3 aromatic rings. The van der Waals surface area contributed by atoms with Gasteiger partial charge in [-0.15, -0.1) is 0 Å². The number of hydrogen-bond acceptors (Lipinski definition) is 2. The van der Waals surface area contributed by atoms with E-state index in [1.807, 2.05) is 24.3 Å². The summed E-state index contributed by atoms with van der Waals surface area (Å²) in [5.41, 5.74) is -0.691. The Morgan fingerprint density at radius 2 is 1.50 bits per heavy atom. The second-order valence-corrected chi connectivity index (χ2v) is 11.8. The van der Waals surface area contributed by atoms with Crippen LogP contribution in [0, 0.1) is 11.2 Å². The van der Waals surface area contributed by atoms with Crippen LogP contribution in [0.4, 0.5) is 4.39 Å². The number of rotatable bonds is 5. The zero-order valence-electron chi connectivity index (χ0n) is 18.9. The zero-order valence-corrected chi connectivity index (χ0v) is 19.7. The molecule has 166 valence electrons. The zero-order chi connectivity index (χ0) is 22.3. The summed E-state index contributed by atoms with van der Waals surface area (Å²) in [6.45, 7) is 6.53. The van der Waals surface area contributed by atoms with Crippen LogP contribution in [0.1, 0.15) is 40.0 Å². The van der Waals surface area contributed by atoms with Crippen molar-refractivity contribution in [3.8, 4) is 5.75 Å². The number of hydrogen-bond donors (Lipinski definition) is 0. The van der Waals surface area contributed by atoms with Gasteiger partial charge in [-0.1, -0.05) is 57.2 Å². The highest BCUT2D eigenvalue weighted by molar-refractivity contribution is 7.97. The predicted molar refractivity (Wildman–Crippen MR) is 127 cm³/mol. The molecule has 32 heavy (non-hydrogen) atoms. The van der Waals surface area contributed by atoms with E-state index in [4.69, 9.17) is 9.47 Å². The van der Waals surface area contributed by atoms with E-state index in [2.05, 4.69) is 69.3 Å². The molecule has 3 aromatic carbocycles. The van der Waals surface area contributed by atoms with Gasteiger partial charge in [-0.2, -0.15) is 0 Å². The summed E-state index contributed by atoms with van der Waals surface area (Å²) >= 11 is 0. The van der Waals surface area contributed by atoms with Crippen molar-refractivity contribution in [3.63, 3.8) is 0 Å². The van der Waals surface area contributed by atoms with Crippen molar-refractivity contribution in [3.05, 3.63) is 84.7 Å². The molecule has 2 bridgehead atoms. The third-order valence-electron chi connectivity index (χ3n) is 6.82. The normalized spacial score (nSPS) is 24.8. The lowest BCUT2D eigenvalue weighted by Crippen LogP contribution is -2.55. The highest BCUT2D eigenvalue weighted by Gasteiger charge is 2.60. The lowest BCUT2D eigenvalue weighted by Gasteiger charge is -2.45. The van der Waals surface area contributed by atoms with Crippen molar-refractivity contribution in [2.75, 3.05) is 0 Å². The molecule has 5 rings (SSSR count). The van der Waals surface area contributed by atoms with Crippen LogP contribution in [0.25, 0.3) is 0 Å². The smallest absolute Gasteiger partial charge is 0.170 e. The van der Waals surface area contributed by atoms with Crippen molar-refractivity contribution in [2.24, 2.45) is 5.41 Å². The van der Waals surface area contributed by atoms with E-state index in [0.29, 0.717) is 5.75 Å². The second-order valence-electron chi connectivity index (χ2n) is 9.79. The van der Waals surface area contributed by atoms with Crippen molar-refractivity contribution in [1.82, 2.24) is 0 Å². The maximum atomic E-state index is 15.1. The Morgan fingerprint density at radius 1 is 0.875 bits per heavy atom. The van der Waals surface area contributed by atoms with E-state index in [9.17, 15) is 0 Å². The van der Waals surface area contributed by atoms with Crippen LogP contribution < -0.4 is 4.74 Å². The van der Waals surface area contributed by atoms with Gasteiger partial charge in [0.25, 0.3) is 0 Å². The average Bonchev–Trinajstić information content (AvgIpc) is 3.39. The number of halogens is 1. The first-order chi connectivity index (χ1) is 15.4. The summed E-state index contributed by atoms with van der Waals surface area (Å²) in [5.74, 6) is 0.0164. The maximum absolute atomic E-state index is 15.1. The van der Waals surface area contributed by atoms with E-state index in [1.165, 1.54) is 9.79 Å². The highest BCUT2D eigenvalue weighted by Crippen LogP contribution is 2.53. The Morgan fingerprint density at radius 3 is 2.00 bits per heavy atom. The van der Waals surface area contributed by atoms with Gasteiger partial charge in [-0.25, -0.2) is 4.39 Å². The largest absolute Gasteiger partial charge is 0.481 e. The number of ether oxygens (including phenoxy) is 2. The topological polar surface area (TPSA) is 18.5 Å². The van der Waals surface area contributed by atoms with Crippen LogP contribution in [-0.4, -0.2) is 17.8 Å². The van der Waals surface area contributed by atoms with Crippen LogP contribution in [0.5, 0.6) is 5.75 Å². The molecule has 2 aliphatic heterocycles. The lowest BCUT2D eigenvalue weighted by molar-refractivity contribution is -0.0837. The van der Waals surface area contributed by atoms with E-state index in [1.54, 1.807) is 6.07 Å². The Labute approximate surface area is 193 Å². The summed E-state index contributed by atoms with van der Waals surface area (Å²) in [4.78, 5) is 3.45. The maximum Gasteiger partial charge on any atom is 0.170 e. The van der Waals surface area contributed by atoms with Gasteiger partial charge >= 0.3 is 0 Å². The molecule has 2 saturated heterocycles. The molecule has 0 saturated carbocycles. The molecule has 3 unspecified atom stereocenters. The minimum Gasteiger partial charge on any atom is -0.481 e. The van der Waals surface area contributed by atoms with Crippen LogP contribution in [0.3, 0.4) is 0 Å². The van der Waals surface area contributed by atoms with E-state index in [0.717, 1.165) is 24.2 Å². The van der Waals surface area contributed by atoms with Gasteiger partial charge < -0.3 is 9.47 Å².